The summed E-state index contributed by atoms with van der Waals surface area (Å²) in [6, 6.07) is 8.03. The molecule has 1 N–H and O–H groups in total. The van der Waals surface area contributed by atoms with E-state index in [1.807, 2.05) is 24.3 Å². The first kappa shape index (κ1) is 11.5. The second kappa shape index (κ2) is 5.35. The van der Waals surface area contributed by atoms with Crippen LogP contribution in [0.15, 0.2) is 36.1 Å². The highest BCUT2D eigenvalue weighted by Crippen LogP contribution is 2.08. The zero-order chi connectivity index (χ0) is 11.3. The molecule has 0 aliphatic heterocycles. The largest absolute Gasteiger partial charge is 0.512 e. The number of carbonyl (C=O) groups excluding carboxylic acids is 1. The molecule has 1 rings (SSSR count). The van der Waals surface area contributed by atoms with Gasteiger partial charge in [-0.25, -0.2) is 0 Å². The van der Waals surface area contributed by atoms with Crippen LogP contribution in [0.2, 0.25) is 0 Å². The van der Waals surface area contributed by atoms with Crippen LogP contribution in [-0.2, 0) is 17.6 Å². The van der Waals surface area contributed by atoms with Crippen molar-refractivity contribution in [2.75, 3.05) is 0 Å². The van der Waals surface area contributed by atoms with Crippen LogP contribution in [0.25, 0.3) is 0 Å². The van der Waals surface area contributed by atoms with Gasteiger partial charge in [0.25, 0.3) is 0 Å². The molecule has 0 saturated heterocycles. The predicted octanol–water partition coefficient (Wildman–Crippen LogP) is 2.82. The molecule has 0 aliphatic carbocycles. The fourth-order valence-corrected chi connectivity index (χ4v) is 1.39. The number of aliphatic hydroxyl groups excluding tert-OH is 1. The van der Waals surface area contributed by atoms with Gasteiger partial charge in [0, 0.05) is 12.5 Å². The Bertz CT molecular complexity index is 361. The molecule has 0 radical (unpaired) electrons. The maximum absolute atomic E-state index is 10.7. The number of carbonyl (C=O) groups is 1. The van der Waals surface area contributed by atoms with Crippen molar-refractivity contribution in [3.05, 3.63) is 47.2 Å². The molecule has 0 bridgehead atoms. The lowest BCUT2D eigenvalue weighted by Gasteiger charge is -2.02. The van der Waals surface area contributed by atoms with E-state index in [-0.39, 0.29) is 11.5 Å². The summed E-state index contributed by atoms with van der Waals surface area (Å²) in [7, 11) is 0. The lowest BCUT2D eigenvalue weighted by atomic mass is 10.1. The van der Waals surface area contributed by atoms with E-state index in [0.29, 0.717) is 6.42 Å². The van der Waals surface area contributed by atoms with Crippen molar-refractivity contribution in [3.8, 4) is 0 Å². The Morgan fingerprint density at radius 2 is 1.80 bits per heavy atom. The summed E-state index contributed by atoms with van der Waals surface area (Å²) < 4.78 is 0. The van der Waals surface area contributed by atoms with Crippen molar-refractivity contribution in [2.24, 2.45) is 0 Å². The van der Waals surface area contributed by atoms with Gasteiger partial charge in [0.05, 0.1) is 0 Å². The van der Waals surface area contributed by atoms with Gasteiger partial charge in [0.1, 0.15) is 5.76 Å². The smallest absolute Gasteiger partial charge is 0.155 e. The third-order valence-corrected chi connectivity index (χ3v) is 2.19. The first-order valence-corrected chi connectivity index (χ1v) is 5.09. The monoisotopic (exact) mass is 204 g/mol. The van der Waals surface area contributed by atoms with Crippen LogP contribution in [0, 0.1) is 0 Å². The standard InChI is InChI=1S/C13H16O2/c1-3-11-4-6-12(7-5-11)9-13(15)8-10(2)14/h4-8,15H,3,9H2,1-2H3. The Kier molecular flexibility index (Phi) is 4.10. The summed E-state index contributed by atoms with van der Waals surface area (Å²) in [6.07, 6.45) is 2.69. The first-order chi connectivity index (χ1) is 7.11. The molecule has 0 atom stereocenters. The minimum atomic E-state index is -0.127. The lowest BCUT2D eigenvalue weighted by Crippen LogP contribution is -1.93. The zero-order valence-electron chi connectivity index (χ0n) is 9.16. The lowest BCUT2D eigenvalue weighted by molar-refractivity contribution is -0.112. The van der Waals surface area contributed by atoms with E-state index in [1.165, 1.54) is 18.6 Å². The number of hydrogen-bond donors (Lipinski definition) is 1. The molecule has 0 aliphatic rings. The highest BCUT2D eigenvalue weighted by atomic mass is 16.3. The summed E-state index contributed by atoms with van der Waals surface area (Å²) in [4.78, 5) is 10.7. The van der Waals surface area contributed by atoms with Crippen molar-refractivity contribution < 1.29 is 9.90 Å². The fourth-order valence-electron chi connectivity index (χ4n) is 1.39. The molecule has 0 aromatic heterocycles. The van der Waals surface area contributed by atoms with Crippen LogP contribution >= 0.6 is 0 Å². The van der Waals surface area contributed by atoms with Gasteiger partial charge in [-0.15, -0.1) is 0 Å². The van der Waals surface area contributed by atoms with E-state index in [9.17, 15) is 9.90 Å². The van der Waals surface area contributed by atoms with Gasteiger partial charge < -0.3 is 5.11 Å². The SMILES string of the molecule is CCc1ccc(CC(O)=CC(C)=O)cc1. The maximum Gasteiger partial charge on any atom is 0.155 e. The Balaban J connectivity index is 2.69. The molecule has 80 valence electrons. The molecule has 15 heavy (non-hydrogen) atoms. The number of ketones is 1. The summed E-state index contributed by atoms with van der Waals surface area (Å²) in [6.45, 7) is 3.53. The molecule has 0 heterocycles. The zero-order valence-corrected chi connectivity index (χ0v) is 9.16. The fraction of sp³-hybridized carbons (Fsp3) is 0.308. The van der Waals surface area contributed by atoms with Crippen molar-refractivity contribution in [2.45, 2.75) is 26.7 Å². The van der Waals surface area contributed by atoms with Gasteiger partial charge in [0.2, 0.25) is 0 Å². The number of hydrogen-bond acceptors (Lipinski definition) is 2. The van der Waals surface area contributed by atoms with Crippen molar-refractivity contribution in [1.29, 1.82) is 0 Å². The van der Waals surface area contributed by atoms with Crippen LogP contribution in [-0.4, -0.2) is 10.9 Å². The highest BCUT2D eigenvalue weighted by molar-refractivity contribution is 5.87. The third kappa shape index (κ3) is 3.98. The number of benzene rings is 1. The number of aryl methyl sites for hydroxylation is 1. The van der Waals surface area contributed by atoms with Gasteiger partial charge in [0.15, 0.2) is 5.78 Å². The molecule has 0 unspecified atom stereocenters. The van der Waals surface area contributed by atoms with E-state index in [2.05, 4.69) is 6.92 Å². The number of aliphatic hydroxyl groups is 1. The van der Waals surface area contributed by atoms with Crippen LogP contribution in [0.3, 0.4) is 0 Å². The van der Waals surface area contributed by atoms with E-state index >= 15 is 0 Å². The van der Waals surface area contributed by atoms with Crippen LogP contribution in [0.5, 0.6) is 0 Å². The van der Waals surface area contributed by atoms with Crippen molar-refractivity contribution in [3.63, 3.8) is 0 Å². The summed E-state index contributed by atoms with van der Waals surface area (Å²) in [5, 5.41) is 9.44. The number of allylic oxidation sites excluding steroid dienone is 2. The van der Waals surface area contributed by atoms with Crippen molar-refractivity contribution in [1.82, 2.24) is 0 Å². The molecular formula is C13H16O2. The van der Waals surface area contributed by atoms with Crippen LogP contribution in [0.4, 0.5) is 0 Å². The molecule has 2 heteroatoms. The maximum atomic E-state index is 10.7. The second-order valence-electron chi connectivity index (χ2n) is 3.59. The van der Waals surface area contributed by atoms with Crippen LogP contribution < -0.4 is 0 Å². The third-order valence-electron chi connectivity index (χ3n) is 2.19. The quantitative estimate of drug-likeness (QED) is 0.605. The van der Waals surface area contributed by atoms with E-state index in [4.69, 9.17) is 0 Å². The average Bonchev–Trinajstić information content (AvgIpc) is 2.17. The molecule has 2 nitrogen and oxygen atoms in total. The summed E-state index contributed by atoms with van der Waals surface area (Å²) >= 11 is 0. The van der Waals surface area contributed by atoms with Crippen LogP contribution in [0.1, 0.15) is 25.0 Å². The van der Waals surface area contributed by atoms with E-state index < -0.39 is 0 Å². The summed E-state index contributed by atoms with van der Waals surface area (Å²) in [5.41, 5.74) is 2.29. The normalized spacial score (nSPS) is 11.5. The van der Waals surface area contributed by atoms with Crippen molar-refractivity contribution >= 4 is 5.78 Å². The molecule has 0 spiro atoms. The minimum absolute atomic E-state index is 0.117. The van der Waals surface area contributed by atoms with Gasteiger partial charge in [-0.2, -0.15) is 0 Å². The molecule has 1 aromatic rings. The first-order valence-electron chi connectivity index (χ1n) is 5.09. The highest BCUT2D eigenvalue weighted by Gasteiger charge is 1.98. The Labute approximate surface area is 90.3 Å². The Morgan fingerprint density at radius 1 is 1.27 bits per heavy atom. The topological polar surface area (TPSA) is 37.3 Å². The van der Waals surface area contributed by atoms with E-state index in [1.54, 1.807) is 0 Å². The number of rotatable bonds is 4. The molecule has 0 amide bonds. The van der Waals surface area contributed by atoms with Gasteiger partial charge in [-0.3, -0.25) is 4.79 Å². The molecule has 0 saturated carbocycles. The Morgan fingerprint density at radius 3 is 2.27 bits per heavy atom. The molecule has 1 aromatic carbocycles. The van der Waals surface area contributed by atoms with E-state index in [0.717, 1.165) is 12.0 Å². The van der Waals surface area contributed by atoms with Gasteiger partial charge in [-0.05, 0) is 24.5 Å². The molecular weight excluding hydrogens is 188 g/mol. The minimum Gasteiger partial charge on any atom is -0.512 e. The second-order valence-corrected chi connectivity index (χ2v) is 3.59. The predicted molar refractivity (Wildman–Crippen MR) is 60.9 cm³/mol. The summed E-state index contributed by atoms with van der Waals surface area (Å²) in [5.74, 6) is -0.00979. The Hall–Kier alpha value is -1.57. The van der Waals surface area contributed by atoms with Gasteiger partial charge >= 0.3 is 0 Å². The molecule has 0 fully saturated rings. The average molecular weight is 204 g/mol. The van der Waals surface area contributed by atoms with Gasteiger partial charge in [-0.1, -0.05) is 31.2 Å².